The van der Waals surface area contributed by atoms with Gasteiger partial charge in [-0.25, -0.2) is 4.79 Å². The summed E-state index contributed by atoms with van der Waals surface area (Å²) in [4.78, 5) is 39.0. The third-order valence-corrected chi connectivity index (χ3v) is 5.31. The minimum Gasteiger partial charge on any atom is -0.495 e. The number of anilines is 1. The van der Waals surface area contributed by atoms with Gasteiger partial charge in [0, 0.05) is 50.4 Å². The predicted molar refractivity (Wildman–Crippen MR) is 103 cm³/mol. The summed E-state index contributed by atoms with van der Waals surface area (Å²) >= 11 is 6.22. The zero-order valence-electron chi connectivity index (χ0n) is 15.8. The minimum absolute atomic E-state index is 0.0279. The van der Waals surface area contributed by atoms with E-state index in [2.05, 4.69) is 15.5 Å². The Labute approximate surface area is 167 Å². The molecule has 2 aliphatic heterocycles. The molecular formula is C18H23ClN4O5. The SMILES string of the molecule is COc1cc(N2CCN(C(=O)CC[C@H]3NC(=O)NC3=O)CC2)cc(OC)c1Cl. The molecule has 28 heavy (non-hydrogen) atoms. The number of benzene rings is 1. The third kappa shape index (κ3) is 4.24. The van der Waals surface area contributed by atoms with E-state index in [0.717, 1.165) is 5.69 Å². The number of rotatable bonds is 6. The van der Waals surface area contributed by atoms with Gasteiger partial charge in [0.25, 0.3) is 5.91 Å². The maximum Gasteiger partial charge on any atom is 0.322 e. The van der Waals surface area contributed by atoms with E-state index >= 15 is 0 Å². The maximum absolute atomic E-state index is 12.4. The number of ether oxygens (including phenoxy) is 2. The van der Waals surface area contributed by atoms with Crippen LogP contribution < -0.4 is 25.0 Å². The van der Waals surface area contributed by atoms with E-state index in [1.54, 1.807) is 19.1 Å². The fourth-order valence-corrected chi connectivity index (χ4v) is 3.60. The van der Waals surface area contributed by atoms with Crippen molar-refractivity contribution < 1.29 is 23.9 Å². The first kappa shape index (κ1) is 20.1. The number of nitrogens with zero attached hydrogens (tertiary/aromatic N) is 2. The number of carbonyl (C=O) groups excluding carboxylic acids is 3. The zero-order chi connectivity index (χ0) is 20.3. The van der Waals surface area contributed by atoms with Crippen LogP contribution in [0, 0.1) is 0 Å². The maximum atomic E-state index is 12.4. The largest absolute Gasteiger partial charge is 0.495 e. The first-order chi connectivity index (χ1) is 13.4. The van der Waals surface area contributed by atoms with Crippen molar-refractivity contribution >= 4 is 35.1 Å². The number of methoxy groups -OCH3 is 2. The highest BCUT2D eigenvalue weighted by Crippen LogP contribution is 2.38. The Morgan fingerprint density at radius 3 is 2.25 bits per heavy atom. The third-order valence-electron chi connectivity index (χ3n) is 4.93. The lowest BCUT2D eigenvalue weighted by molar-refractivity contribution is -0.131. The van der Waals surface area contributed by atoms with Crippen molar-refractivity contribution in [3.8, 4) is 11.5 Å². The quantitative estimate of drug-likeness (QED) is 0.678. The summed E-state index contributed by atoms with van der Waals surface area (Å²) in [5, 5.41) is 5.09. The van der Waals surface area contributed by atoms with E-state index in [9.17, 15) is 14.4 Å². The predicted octanol–water partition coefficient (Wildman–Crippen LogP) is 0.994. The molecule has 0 saturated carbocycles. The molecule has 2 aliphatic rings. The van der Waals surface area contributed by atoms with Gasteiger partial charge in [0.2, 0.25) is 5.91 Å². The molecular weight excluding hydrogens is 388 g/mol. The van der Waals surface area contributed by atoms with Gasteiger partial charge in [0.05, 0.1) is 14.2 Å². The van der Waals surface area contributed by atoms with Crippen LogP contribution in [0.15, 0.2) is 12.1 Å². The summed E-state index contributed by atoms with van der Waals surface area (Å²) in [5.74, 6) is 0.658. The van der Waals surface area contributed by atoms with E-state index in [0.29, 0.717) is 49.1 Å². The summed E-state index contributed by atoms with van der Waals surface area (Å²) in [6.45, 7) is 2.44. The second-order valence-corrected chi connectivity index (χ2v) is 6.96. The Bertz CT molecular complexity index is 754. The second-order valence-electron chi connectivity index (χ2n) is 6.59. The molecule has 2 saturated heterocycles. The number of amides is 4. The van der Waals surface area contributed by atoms with Crippen LogP contribution in [-0.2, 0) is 9.59 Å². The number of nitrogens with one attached hydrogen (secondary N) is 2. The van der Waals surface area contributed by atoms with Crippen molar-refractivity contribution in [2.24, 2.45) is 0 Å². The molecule has 0 aromatic heterocycles. The topological polar surface area (TPSA) is 100 Å². The average molecular weight is 411 g/mol. The van der Waals surface area contributed by atoms with Gasteiger partial charge in [-0.3, -0.25) is 14.9 Å². The Morgan fingerprint density at radius 1 is 1.14 bits per heavy atom. The molecule has 0 radical (unpaired) electrons. The lowest BCUT2D eigenvalue weighted by Crippen LogP contribution is -2.49. The fraction of sp³-hybridized carbons (Fsp3) is 0.500. The van der Waals surface area contributed by atoms with Crippen molar-refractivity contribution in [2.45, 2.75) is 18.9 Å². The molecule has 0 spiro atoms. The fourth-order valence-electron chi connectivity index (χ4n) is 3.34. The molecule has 3 rings (SSSR count). The lowest BCUT2D eigenvalue weighted by Gasteiger charge is -2.36. The van der Waals surface area contributed by atoms with Crippen molar-refractivity contribution in [2.75, 3.05) is 45.3 Å². The van der Waals surface area contributed by atoms with Crippen LogP contribution in [-0.4, -0.2) is 69.2 Å². The van der Waals surface area contributed by atoms with Gasteiger partial charge in [-0.2, -0.15) is 0 Å². The number of halogens is 1. The molecule has 2 N–H and O–H groups in total. The number of hydrogen-bond donors (Lipinski definition) is 2. The monoisotopic (exact) mass is 410 g/mol. The molecule has 2 heterocycles. The van der Waals surface area contributed by atoms with Crippen molar-refractivity contribution in [3.05, 3.63) is 17.2 Å². The van der Waals surface area contributed by atoms with Gasteiger partial charge in [-0.1, -0.05) is 11.6 Å². The van der Waals surface area contributed by atoms with Gasteiger partial charge in [0.1, 0.15) is 22.6 Å². The highest BCUT2D eigenvalue weighted by atomic mass is 35.5. The first-order valence-corrected chi connectivity index (χ1v) is 9.36. The lowest BCUT2D eigenvalue weighted by atomic mass is 10.1. The number of piperazine rings is 1. The van der Waals surface area contributed by atoms with E-state index < -0.39 is 12.1 Å². The van der Waals surface area contributed by atoms with Crippen LogP contribution in [0.2, 0.25) is 5.02 Å². The summed E-state index contributed by atoms with van der Waals surface area (Å²) in [6.07, 6.45) is 0.503. The molecule has 10 heteroatoms. The molecule has 9 nitrogen and oxygen atoms in total. The first-order valence-electron chi connectivity index (χ1n) is 8.98. The van der Waals surface area contributed by atoms with Gasteiger partial charge in [-0.05, 0) is 6.42 Å². The van der Waals surface area contributed by atoms with E-state index in [1.807, 2.05) is 12.1 Å². The normalized spacial score (nSPS) is 19.3. The van der Waals surface area contributed by atoms with E-state index in [4.69, 9.17) is 21.1 Å². The van der Waals surface area contributed by atoms with Gasteiger partial charge < -0.3 is 24.6 Å². The van der Waals surface area contributed by atoms with Crippen LogP contribution in [0.5, 0.6) is 11.5 Å². The Balaban J connectivity index is 1.55. The van der Waals surface area contributed by atoms with Crippen molar-refractivity contribution in [3.63, 3.8) is 0 Å². The highest BCUT2D eigenvalue weighted by molar-refractivity contribution is 6.33. The molecule has 0 bridgehead atoms. The van der Waals surface area contributed by atoms with E-state index in [1.165, 1.54) is 0 Å². The Hall–Kier alpha value is -2.68. The minimum atomic E-state index is -0.633. The standard InChI is InChI=1S/C18H23ClN4O5/c1-27-13-9-11(10-14(28-2)16(13)19)22-5-7-23(8-6-22)15(24)4-3-12-17(25)21-18(26)20-12/h9-10,12H,3-8H2,1-2H3,(H2,20,21,25,26)/t12-/m1/s1. The smallest absolute Gasteiger partial charge is 0.322 e. The molecule has 0 unspecified atom stereocenters. The number of imide groups is 1. The molecule has 2 fully saturated rings. The van der Waals surface area contributed by atoms with Gasteiger partial charge in [0.15, 0.2) is 0 Å². The number of hydrogen-bond acceptors (Lipinski definition) is 6. The molecule has 0 aliphatic carbocycles. The molecule has 152 valence electrons. The Morgan fingerprint density at radius 2 is 1.75 bits per heavy atom. The van der Waals surface area contributed by atoms with Gasteiger partial charge in [-0.15, -0.1) is 0 Å². The second kappa shape index (κ2) is 8.55. The van der Waals surface area contributed by atoms with Crippen molar-refractivity contribution in [1.82, 2.24) is 15.5 Å². The van der Waals surface area contributed by atoms with Crippen LogP contribution in [0.1, 0.15) is 12.8 Å². The molecule has 1 aromatic carbocycles. The molecule has 4 amide bonds. The molecule has 1 aromatic rings. The summed E-state index contributed by atoms with van der Waals surface area (Å²) in [6, 6.07) is 2.56. The van der Waals surface area contributed by atoms with Crippen LogP contribution in [0.3, 0.4) is 0 Å². The summed E-state index contributed by atoms with van der Waals surface area (Å²) in [5.41, 5.74) is 0.913. The number of urea groups is 1. The average Bonchev–Trinajstić information content (AvgIpc) is 3.03. The Kier molecular flexibility index (Phi) is 6.13. The van der Waals surface area contributed by atoms with Crippen LogP contribution in [0.4, 0.5) is 10.5 Å². The summed E-state index contributed by atoms with van der Waals surface area (Å²) < 4.78 is 10.6. The molecule has 1 atom stereocenters. The van der Waals surface area contributed by atoms with Crippen LogP contribution in [0.25, 0.3) is 0 Å². The zero-order valence-corrected chi connectivity index (χ0v) is 16.5. The van der Waals surface area contributed by atoms with E-state index in [-0.39, 0.29) is 18.2 Å². The summed E-state index contributed by atoms with van der Waals surface area (Å²) in [7, 11) is 3.10. The highest BCUT2D eigenvalue weighted by Gasteiger charge is 2.30. The van der Waals surface area contributed by atoms with Gasteiger partial charge >= 0.3 is 6.03 Å². The number of carbonyl (C=O) groups is 3. The van der Waals surface area contributed by atoms with Crippen molar-refractivity contribution in [1.29, 1.82) is 0 Å². The van der Waals surface area contributed by atoms with Crippen LogP contribution >= 0.6 is 11.6 Å².